The van der Waals surface area contributed by atoms with Crippen LogP contribution in [0.3, 0.4) is 0 Å². The number of hydrogen-bond acceptors (Lipinski definition) is 4. The monoisotopic (exact) mass is 440 g/mol. The number of Topliss-reactive ketones (excluding diaryl/α,β-unsaturated/α-hetero) is 1. The van der Waals surface area contributed by atoms with E-state index in [4.69, 9.17) is 5.11 Å². The fraction of sp³-hybridized carbons (Fsp3) is 0.185. The Kier molecular flexibility index (Phi) is 6.74. The summed E-state index contributed by atoms with van der Waals surface area (Å²) in [7, 11) is 0. The van der Waals surface area contributed by atoms with Crippen molar-refractivity contribution in [2.24, 2.45) is 0 Å². The highest BCUT2D eigenvalue weighted by molar-refractivity contribution is 6.40. The second-order valence-electron chi connectivity index (χ2n) is 7.95. The first kappa shape index (κ1) is 22.1. The minimum Gasteiger partial charge on any atom is -0.475 e. The predicted octanol–water partition coefficient (Wildman–Crippen LogP) is 4.36. The van der Waals surface area contributed by atoms with Crippen LogP contribution in [-0.4, -0.2) is 27.8 Å². The van der Waals surface area contributed by atoms with Crippen molar-refractivity contribution in [1.29, 1.82) is 0 Å². The predicted molar refractivity (Wildman–Crippen MR) is 125 cm³/mol. The average molecular weight is 440 g/mol. The Morgan fingerprint density at radius 2 is 1.76 bits per heavy atom. The number of rotatable bonds is 7. The standard InChI is InChI=1S/C27H24N2O4/c30-24(29-25(19-7-2-1-3-8-19)20-10-6-16-28-17-20)15-14-18-9-4-12-22-21(18)11-5-13-23(22)26(31)27(32)33/h1-3,5-8,10-11,13-14,16-17,25H,4,9,12,15H2,(H,29,30)(H,32,33)/b18-14+. The van der Waals surface area contributed by atoms with Crippen molar-refractivity contribution in [2.45, 2.75) is 31.7 Å². The maximum Gasteiger partial charge on any atom is 0.377 e. The number of allylic oxidation sites excluding steroid dienone is 1. The molecule has 0 bridgehead atoms. The maximum atomic E-state index is 12.9. The number of aromatic nitrogens is 1. The first-order valence-corrected chi connectivity index (χ1v) is 10.9. The van der Waals surface area contributed by atoms with Crippen LogP contribution in [0.1, 0.15) is 57.9 Å². The van der Waals surface area contributed by atoms with E-state index in [0.717, 1.165) is 40.7 Å². The lowest BCUT2D eigenvalue weighted by Gasteiger charge is -2.22. The quantitative estimate of drug-likeness (QED) is 0.420. The van der Waals surface area contributed by atoms with Crippen LogP contribution in [-0.2, 0) is 16.0 Å². The van der Waals surface area contributed by atoms with Gasteiger partial charge in [0.2, 0.25) is 5.91 Å². The molecule has 2 aromatic carbocycles. The maximum absolute atomic E-state index is 12.9. The van der Waals surface area contributed by atoms with Crippen LogP contribution in [0.5, 0.6) is 0 Å². The van der Waals surface area contributed by atoms with E-state index in [1.807, 2.05) is 54.6 Å². The van der Waals surface area contributed by atoms with Crippen molar-refractivity contribution in [3.8, 4) is 0 Å². The number of hydrogen-bond donors (Lipinski definition) is 2. The van der Waals surface area contributed by atoms with Crippen LogP contribution in [0.15, 0.2) is 79.1 Å². The summed E-state index contributed by atoms with van der Waals surface area (Å²) in [5, 5.41) is 12.2. The number of fused-ring (bicyclic) bond motifs is 1. The third kappa shape index (κ3) is 5.06. The van der Waals surface area contributed by atoms with E-state index in [1.165, 1.54) is 0 Å². The molecule has 1 aliphatic carbocycles. The van der Waals surface area contributed by atoms with Gasteiger partial charge in [-0.2, -0.15) is 0 Å². The van der Waals surface area contributed by atoms with Gasteiger partial charge in [0.25, 0.3) is 5.78 Å². The van der Waals surface area contributed by atoms with Gasteiger partial charge < -0.3 is 10.4 Å². The number of pyridine rings is 1. The fourth-order valence-corrected chi connectivity index (χ4v) is 4.27. The molecule has 1 amide bonds. The summed E-state index contributed by atoms with van der Waals surface area (Å²) >= 11 is 0. The average Bonchev–Trinajstić information content (AvgIpc) is 2.86. The number of nitrogens with one attached hydrogen (secondary N) is 1. The second kappa shape index (κ2) is 10.0. The molecule has 1 heterocycles. The summed E-state index contributed by atoms with van der Waals surface area (Å²) < 4.78 is 0. The Morgan fingerprint density at radius 1 is 0.970 bits per heavy atom. The number of carboxylic acids is 1. The van der Waals surface area contributed by atoms with E-state index in [0.29, 0.717) is 6.42 Å². The number of ketones is 1. The van der Waals surface area contributed by atoms with E-state index in [9.17, 15) is 14.4 Å². The van der Waals surface area contributed by atoms with Gasteiger partial charge in [-0.15, -0.1) is 0 Å². The SMILES string of the molecule is O=C(C/C=C1\CCCc2c(C(=O)C(=O)O)cccc21)NC(c1ccccc1)c1cccnc1. The van der Waals surface area contributed by atoms with Gasteiger partial charge in [0.1, 0.15) is 0 Å². The molecule has 1 unspecified atom stereocenters. The number of amides is 1. The molecule has 1 aliphatic rings. The number of aliphatic carboxylic acids is 1. The zero-order chi connectivity index (χ0) is 23.2. The molecule has 33 heavy (non-hydrogen) atoms. The van der Waals surface area contributed by atoms with Crippen LogP contribution < -0.4 is 5.32 Å². The van der Waals surface area contributed by atoms with Gasteiger partial charge in [0.05, 0.1) is 6.04 Å². The van der Waals surface area contributed by atoms with Crippen LogP contribution in [0, 0.1) is 0 Å². The van der Waals surface area contributed by atoms with Crippen molar-refractivity contribution in [2.75, 3.05) is 0 Å². The molecule has 0 saturated heterocycles. The Balaban J connectivity index is 1.55. The smallest absolute Gasteiger partial charge is 0.377 e. The number of carboxylic acid groups (broad SMARTS) is 1. The van der Waals surface area contributed by atoms with Crippen LogP contribution in [0.25, 0.3) is 5.57 Å². The third-order valence-corrected chi connectivity index (χ3v) is 5.82. The molecule has 6 heteroatoms. The number of carbonyl (C=O) groups is 3. The molecule has 4 rings (SSSR count). The highest BCUT2D eigenvalue weighted by atomic mass is 16.4. The Morgan fingerprint density at radius 3 is 2.48 bits per heavy atom. The Labute approximate surface area is 192 Å². The van der Waals surface area contributed by atoms with Gasteiger partial charge in [0, 0.05) is 24.4 Å². The molecule has 6 nitrogen and oxygen atoms in total. The third-order valence-electron chi connectivity index (χ3n) is 5.82. The van der Waals surface area contributed by atoms with E-state index < -0.39 is 11.8 Å². The zero-order valence-electron chi connectivity index (χ0n) is 18.0. The Hall–Kier alpha value is -4.06. The van der Waals surface area contributed by atoms with Crippen molar-refractivity contribution in [3.05, 3.63) is 107 Å². The fourth-order valence-electron chi connectivity index (χ4n) is 4.27. The summed E-state index contributed by atoms with van der Waals surface area (Å²) in [5.74, 6) is -2.49. The molecule has 0 fully saturated rings. The topological polar surface area (TPSA) is 96.4 Å². The second-order valence-corrected chi connectivity index (χ2v) is 7.95. The normalized spacial score (nSPS) is 14.8. The molecular weight excluding hydrogens is 416 g/mol. The van der Waals surface area contributed by atoms with E-state index >= 15 is 0 Å². The van der Waals surface area contributed by atoms with Crippen molar-refractivity contribution < 1.29 is 19.5 Å². The lowest BCUT2D eigenvalue weighted by atomic mass is 9.83. The molecule has 2 N–H and O–H groups in total. The highest BCUT2D eigenvalue weighted by Gasteiger charge is 2.24. The van der Waals surface area contributed by atoms with Crippen LogP contribution in [0.2, 0.25) is 0 Å². The van der Waals surface area contributed by atoms with Gasteiger partial charge in [-0.25, -0.2) is 4.79 Å². The van der Waals surface area contributed by atoms with E-state index in [1.54, 1.807) is 24.5 Å². The van der Waals surface area contributed by atoms with Crippen molar-refractivity contribution in [1.82, 2.24) is 10.3 Å². The number of benzene rings is 2. The van der Waals surface area contributed by atoms with Gasteiger partial charge in [0.15, 0.2) is 0 Å². The lowest BCUT2D eigenvalue weighted by molar-refractivity contribution is -0.131. The summed E-state index contributed by atoms with van der Waals surface area (Å²) in [6.07, 6.45) is 7.72. The van der Waals surface area contributed by atoms with Gasteiger partial charge in [-0.05, 0) is 53.2 Å². The minimum absolute atomic E-state index is 0.134. The lowest BCUT2D eigenvalue weighted by Crippen LogP contribution is -2.28. The summed E-state index contributed by atoms with van der Waals surface area (Å²) in [4.78, 5) is 40.4. The van der Waals surface area contributed by atoms with E-state index in [-0.39, 0.29) is 23.9 Å². The molecule has 0 aliphatic heterocycles. The van der Waals surface area contributed by atoms with Crippen molar-refractivity contribution in [3.63, 3.8) is 0 Å². The van der Waals surface area contributed by atoms with E-state index in [2.05, 4.69) is 10.3 Å². The largest absolute Gasteiger partial charge is 0.475 e. The van der Waals surface area contributed by atoms with Crippen LogP contribution >= 0.6 is 0 Å². The van der Waals surface area contributed by atoms with Gasteiger partial charge >= 0.3 is 5.97 Å². The summed E-state index contributed by atoms with van der Waals surface area (Å²) in [6.45, 7) is 0. The van der Waals surface area contributed by atoms with Gasteiger partial charge in [-0.1, -0.05) is 60.7 Å². The molecular formula is C27H24N2O4. The molecule has 166 valence electrons. The molecule has 1 aromatic heterocycles. The molecule has 0 saturated carbocycles. The minimum atomic E-state index is -1.46. The number of nitrogens with zero attached hydrogens (tertiary/aromatic N) is 1. The molecule has 3 aromatic rings. The van der Waals surface area contributed by atoms with Crippen molar-refractivity contribution >= 4 is 23.2 Å². The molecule has 0 spiro atoms. The molecule has 0 radical (unpaired) electrons. The number of carbonyl (C=O) groups excluding carboxylic acids is 2. The summed E-state index contributed by atoms with van der Waals surface area (Å²) in [6, 6.07) is 18.3. The first-order chi connectivity index (χ1) is 16.0. The molecule has 1 atom stereocenters. The van der Waals surface area contributed by atoms with Gasteiger partial charge in [-0.3, -0.25) is 14.6 Å². The Bertz CT molecular complexity index is 1160. The van der Waals surface area contributed by atoms with Crippen LogP contribution in [0.4, 0.5) is 0 Å². The summed E-state index contributed by atoms with van der Waals surface area (Å²) in [5.41, 5.74) is 4.66. The first-order valence-electron chi connectivity index (χ1n) is 10.9. The highest BCUT2D eigenvalue weighted by Crippen LogP contribution is 2.33. The zero-order valence-corrected chi connectivity index (χ0v) is 18.0.